The van der Waals surface area contributed by atoms with Crippen LogP contribution in [0.15, 0.2) is 48.5 Å². The quantitative estimate of drug-likeness (QED) is 0.523. The second kappa shape index (κ2) is 7.62. The van der Waals surface area contributed by atoms with Crippen LogP contribution >= 0.6 is 0 Å². The first-order valence-corrected chi connectivity index (χ1v) is 8.36. The minimum Gasteiger partial charge on any atom is -0.508 e. The van der Waals surface area contributed by atoms with E-state index in [1.54, 1.807) is 52.0 Å². The Kier molecular flexibility index (Phi) is 5.91. The van der Waals surface area contributed by atoms with Gasteiger partial charge in [0.1, 0.15) is 11.9 Å². The minimum atomic E-state index is -1.30. The van der Waals surface area contributed by atoms with Gasteiger partial charge in [0.15, 0.2) is 5.78 Å². The highest BCUT2D eigenvalue weighted by atomic mass is 16.5. The molecule has 0 aliphatic rings. The first-order chi connectivity index (χ1) is 12.0. The standard InChI is InChI=1S/C20H24BO5/c1-19(2,25)20(3,4)26-21-15-9-5-13(6-10-15)17(23)18(24)14-7-11-16(22)12-8-14/h5-12,18,22,24-25H,1-4H3. The number of ketones is 1. The lowest BCUT2D eigenvalue weighted by Gasteiger charge is -2.37. The van der Waals surface area contributed by atoms with E-state index in [4.69, 9.17) is 4.65 Å². The molecule has 137 valence electrons. The number of carbonyl (C=O) groups excluding carboxylic acids is 1. The summed E-state index contributed by atoms with van der Waals surface area (Å²) in [5, 5.41) is 29.6. The van der Waals surface area contributed by atoms with Gasteiger partial charge in [-0.1, -0.05) is 41.9 Å². The summed E-state index contributed by atoms with van der Waals surface area (Å²) in [6.45, 7) is 6.92. The Morgan fingerprint density at radius 1 is 1.00 bits per heavy atom. The molecule has 1 unspecified atom stereocenters. The van der Waals surface area contributed by atoms with Gasteiger partial charge in [-0.2, -0.15) is 0 Å². The topological polar surface area (TPSA) is 87.0 Å². The lowest BCUT2D eigenvalue weighted by Crippen LogP contribution is -2.49. The first-order valence-electron chi connectivity index (χ1n) is 8.36. The number of hydrogen-bond acceptors (Lipinski definition) is 5. The molecular formula is C20H24BO5. The fraction of sp³-hybridized carbons (Fsp3) is 0.350. The number of Topliss-reactive ketones (excluding diaryl/α,β-unsaturated/α-hetero) is 1. The smallest absolute Gasteiger partial charge is 0.330 e. The van der Waals surface area contributed by atoms with Crippen molar-refractivity contribution in [3.8, 4) is 5.75 Å². The molecule has 0 saturated heterocycles. The van der Waals surface area contributed by atoms with Crippen molar-refractivity contribution in [1.29, 1.82) is 0 Å². The highest BCUT2D eigenvalue weighted by Gasteiger charge is 2.35. The molecule has 0 aliphatic carbocycles. The van der Waals surface area contributed by atoms with Crippen molar-refractivity contribution in [3.05, 3.63) is 59.7 Å². The number of rotatable bonds is 7. The van der Waals surface area contributed by atoms with Gasteiger partial charge in [0, 0.05) is 5.56 Å². The number of phenolic OH excluding ortho intramolecular Hbond substituents is 1. The lowest BCUT2D eigenvalue weighted by molar-refractivity contribution is -0.0893. The third-order valence-electron chi connectivity index (χ3n) is 4.62. The Morgan fingerprint density at radius 3 is 2.04 bits per heavy atom. The van der Waals surface area contributed by atoms with Crippen LogP contribution in [0.1, 0.15) is 49.7 Å². The zero-order valence-corrected chi connectivity index (χ0v) is 15.4. The van der Waals surface area contributed by atoms with E-state index in [0.29, 0.717) is 11.1 Å². The number of aliphatic hydroxyl groups excluding tert-OH is 1. The van der Waals surface area contributed by atoms with Gasteiger partial charge in [0.2, 0.25) is 0 Å². The molecule has 0 heterocycles. The normalized spacial score (nSPS) is 13.3. The van der Waals surface area contributed by atoms with Gasteiger partial charge in [0.25, 0.3) is 0 Å². The molecule has 2 aromatic rings. The SMILES string of the molecule is CC(C)(O)C(C)(C)O[B]c1ccc(C(=O)C(O)c2ccc(O)cc2)cc1. The van der Waals surface area contributed by atoms with Gasteiger partial charge in [-0.3, -0.25) is 4.79 Å². The van der Waals surface area contributed by atoms with E-state index in [0.717, 1.165) is 5.46 Å². The molecule has 0 bridgehead atoms. The molecule has 2 aromatic carbocycles. The zero-order chi connectivity index (χ0) is 19.5. The van der Waals surface area contributed by atoms with Crippen molar-refractivity contribution in [3.63, 3.8) is 0 Å². The highest BCUT2D eigenvalue weighted by molar-refractivity contribution is 6.47. The van der Waals surface area contributed by atoms with E-state index in [2.05, 4.69) is 0 Å². The highest BCUT2D eigenvalue weighted by Crippen LogP contribution is 2.24. The number of hydrogen-bond donors (Lipinski definition) is 3. The van der Waals surface area contributed by atoms with Crippen LogP contribution in [0, 0.1) is 0 Å². The third kappa shape index (κ3) is 4.72. The van der Waals surface area contributed by atoms with Gasteiger partial charge in [0.05, 0.1) is 11.2 Å². The van der Waals surface area contributed by atoms with Gasteiger partial charge in [-0.05, 0) is 45.4 Å². The molecule has 0 aromatic heterocycles. The van der Waals surface area contributed by atoms with Crippen LogP contribution in [0.5, 0.6) is 5.75 Å². The lowest BCUT2D eigenvalue weighted by atomic mass is 9.82. The maximum atomic E-state index is 12.4. The van der Waals surface area contributed by atoms with E-state index in [1.807, 2.05) is 0 Å². The first kappa shape index (κ1) is 20.2. The Bertz CT molecular complexity index is 745. The average Bonchev–Trinajstić information content (AvgIpc) is 2.59. The molecular weight excluding hydrogens is 331 g/mol. The molecule has 2 rings (SSSR count). The predicted octanol–water partition coefficient (Wildman–Crippen LogP) is 2.12. The monoisotopic (exact) mass is 355 g/mol. The molecule has 6 heteroatoms. The van der Waals surface area contributed by atoms with E-state index in [-0.39, 0.29) is 5.75 Å². The van der Waals surface area contributed by atoms with E-state index in [1.165, 1.54) is 31.7 Å². The summed E-state index contributed by atoms with van der Waals surface area (Å²) < 4.78 is 5.68. The molecule has 0 fully saturated rings. The Balaban J connectivity index is 2.04. The summed E-state index contributed by atoms with van der Waals surface area (Å²) in [4.78, 5) is 12.4. The van der Waals surface area contributed by atoms with Crippen LogP contribution in [0.2, 0.25) is 0 Å². The molecule has 0 spiro atoms. The Morgan fingerprint density at radius 2 is 1.54 bits per heavy atom. The van der Waals surface area contributed by atoms with Gasteiger partial charge in [-0.25, -0.2) is 0 Å². The molecule has 1 radical (unpaired) electrons. The minimum absolute atomic E-state index is 0.0715. The number of phenols is 1. The number of benzene rings is 2. The summed E-state index contributed by atoms with van der Waals surface area (Å²) in [6.07, 6.45) is -1.30. The Hall–Kier alpha value is -2.15. The second-order valence-electron chi connectivity index (χ2n) is 7.29. The maximum absolute atomic E-state index is 12.4. The fourth-order valence-electron chi connectivity index (χ4n) is 2.05. The molecule has 0 amide bonds. The molecule has 0 aliphatic heterocycles. The van der Waals surface area contributed by atoms with Crippen LogP contribution in [0.3, 0.4) is 0 Å². The van der Waals surface area contributed by atoms with Crippen LogP contribution in [0.25, 0.3) is 0 Å². The van der Waals surface area contributed by atoms with Crippen LogP contribution < -0.4 is 5.46 Å². The van der Waals surface area contributed by atoms with Crippen molar-refractivity contribution < 1.29 is 24.8 Å². The summed E-state index contributed by atoms with van der Waals surface area (Å²) >= 11 is 0. The number of carbonyl (C=O) groups is 1. The van der Waals surface area contributed by atoms with Crippen molar-refractivity contribution >= 4 is 18.7 Å². The molecule has 0 saturated carbocycles. The van der Waals surface area contributed by atoms with E-state index >= 15 is 0 Å². The average molecular weight is 355 g/mol. The van der Waals surface area contributed by atoms with E-state index in [9.17, 15) is 20.1 Å². The van der Waals surface area contributed by atoms with Crippen molar-refractivity contribution in [2.24, 2.45) is 0 Å². The molecule has 26 heavy (non-hydrogen) atoms. The Labute approximate surface area is 154 Å². The van der Waals surface area contributed by atoms with Crippen LogP contribution in [-0.4, -0.2) is 39.8 Å². The number of aromatic hydroxyl groups is 1. The van der Waals surface area contributed by atoms with Crippen molar-refractivity contribution in [1.82, 2.24) is 0 Å². The predicted molar refractivity (Wildman–Crippen MR) is 101 cm³/mol. The van der Waals surface area contributed by atoms with Gasteiger partial charge in [-0.15, -0.1) is 0 Å². The third-order valence-corrected chi connectivity index (χ3v) is 4.62. The van der Waals surface area contributed by atoms with Gasteiger partial charge < -0.3 is 20.0 Å². The van der Waals surface area contributed by atoms with Crippen molar-refractivity contribution in [2.45, 2.75) is 45.0 Å². The summed E-state index contributed by atoms with van der Waals surface area (Å²) in [5.41, 5.74) is -0.286. The fourth-order valence-corrected chi connectivity index (χ4v) is 2.05. The number of aliphatic hydroxyl groups is 2. The second-order valence-corrected chi connectivity index (χ2v) is 7.29. The summed E-state index contributed by atoms with van der Waals surface area (Å²) in [5.74, 6) is -0.359. The maximum Gasteiger partial charge on any atom is 0.330 e. The largest absolute Gasteiger partial charge is 0.508 e. The van der Waals surface area contributed by atoms with Crippen LogP contribution in [-0.2, 0) is 4.65 Å². The van der Waals surface area contributed by atoms with Gasteiger partial charge >= 0.3 is 7.48 Å². The molecule has 3 N–H and O–H groups in total. The van der Waals surface area contributed by atoms with Crippen LogP contribution in [0.4, 0.5) is 0 Å². The zero-order valence-electron chi connectivity index (χ0n) is 15.4. The molecule has 5 nitrogen and oxygen atoms in total. The molecule has 1 atom stereocenters. The summed E-state index contributed by atoms with van der Waals surface area (Å²) in [6, 6.07) is 12.5. The van der Waals surface area contributed by atoms with Crippen molar-refractivity contribution in [2.75, 3.05) is 0 Å². The summed E-state index contributed by atoms with van der Waals surface area (Å²) in [7, 11) is 1.53. The van der Waals surface area contributed by atoms with E-state index < -0.39 is 23.1 Å².